The van der Waals surface area contributed by atoms with Crippen molar-refractivity contribution in [2.45, 2.75) is 25.9 Å². The summed E-state index contributed by atoms with van der Waals surface area (Å²) in [5, 5.41) is 9.46. The lowest BCUT2D eigenvalue weighted by atomic mass is 10.1. The molecule has 0 bridgehead atoms. The number of aliphatic hydroxyl groups excluding tert-OH is 1. The van der Waals surface area contributed by atoms with Gasteiger partial charge in [0.1, 0.15) is 5.76 Å². The minimum Gasteiger partial charge on any atom is -0.466 e. The van der Waals surface area contributed by atoms with E-state index in [9.17, 15) is 18.7 Å². The quantitative estimate of drug-likeness (QED) is 0.863. The molecule has 0 aliphatic heterocycles. The average molecular weight is 247 g/mol. The van der Waals surface area contributed by atoms with Crippen LogP contribution in [0.3, 0.4) is 0 Å². The second-order valence-electron chi connectivity index (χ2n) is 3.52. The molecule has 1 atom stereocenters. The zero-order valence-corrected chi connectivity index (χ0v) is 9.69. The zero-order valence-electron chi connectivity index (χ0n) is 9.69. The van der Waals surface area contributed by atoms with E-state index in [2.05, 4.69) is 4.42 Å². The molecular formula is C11H15F2NO3. The standard InChI is InChI=1S/C11H15F2NO3/c1-3-14(4-2)10(16)11(12,13)9(15)8-6-5-7-17-8/h5-7,9,15H,3-4H2,1-2H3. The number of alkyl halides is 2. The summed E-state index contributed by atoms with van der Waals surface area (Å²) in [6.45, 7) is 3.51. The summed E-state index contributed by atoms with van der Waals surface area (Å²) in [5.41, 5.74) is 0. The number of hydrogen-bond donors (Lipinski definition) is 1. The Kier molecular flexibility index (Phi) is 4.22. The maximum absolute atomic E-state index is 13.7. The van der Waals surface area contributed by atoms with Crippen molar-refractivity contribution in [2.75, 3.05) is 13.1 Å². The van der Waals surface area contributed by atoms with Crippen molar-refractivity contribution >= 4 is 5.91 Å². The lowest BCUT2D eigenvalue weighted by Gasteiger charge is -2.26. The first-order valence-electron chi connectivity index (χ1n) is 5.33. The van der Waals surface area contributed by atoms with E-state index in [0.717, 1.165) is 11.2 Å². The largest absolute Gasteiger partial charge is 0.466 e. The molecule has 1 rings (SSSR count). The Morgan fingerprint density at radius 1 is 1.53 bits per heavy atom. The molecule has 0 aliphatic carbocycles. The molecule has 96 valence electrons. The summed E-state index contributed by atoms with van der Waals surface area (Å²) in [5.74, 6) is -5.61. The SMILES string of the molecule is CCN(CC)C(=O)C(F)(F)C(O)c1ccco1. The Labute approximate surface area is 97.8 Å². The molecule has 17 heavy (non-hydrogen) atoms. The van der Waals surface area contributed by atoms with Gasteiger partial charge in [-0.25, -0.2) is 0 Å². The van der Waals surface area contributed by atoms with Crippen molar-refractivity contribution in [3.8, 4) is 0 Å². The fraction of sp³-hybridized carbons (Fsp3) is 0.545. The van der Waals surface area contributed by atoms with Gasteiger partial charge in [-0.3, -0.25) is 4.79 Å². The minimum absolute atomic E-state index is 0.162. The van der Waals surface area contributed by atoms with Crippen LogP contribution in [0.1, 0.15) is 25.7 Å². The molecule has 1 aromatic rings. The van der Waals surface area contributed by atoms with Crippen LogP contribution in [-0.4, -0.2) is 34.9 Å². The first-order valence-corrected chi connectivity index (χ1v) is 5.33. The highest BCUT2D eigenvalue weighted by Gasteiger charge is 2.50. The van der Waals surface area contributed by atoms with Gasteiger partial charge in [0.25, 0.3) is 5.91 Å². The van der Waals surface area contributed by atoms with Crippen molar-refractivity contribution in [3.63, 3.8) is 0 Å². The van der Waals surface area contributed by atoms with Crippen LogP contribution in [0, 0.1) is 0 Å². The lowest BCUT2D eigenvalue weighted by Crippen LogP contribution is -2.46. The van der Waals surface area contributed by atoms with E-state index in [-0.39, 0.29) is 18.8 Å². The van der Waals surface area contributed by atoms with E-state index in [4.69, 9.17) is 0 Å². The van der Waals surface area contributed by atoms with Gasteiger partial charge in [-0.2, -0.15) is 8.78 Å². The summed E-state index contributed by atoms with van der Waals surface area (Å²) in [7, 11) is 0. The van der Waals surface area contributed by atoms with Crippen LogP contribution in [0.25, 0.3) is 0 Å². The third-order valence-corrected chi connectivity index (χ3v) is 2.49. The Balaban J connectivity index is 2.90. The van der Waals surface area contributed by atoms with Gasteiger partial charge < -0.3 is 14.4 Å². The van der Waals surface area contributed by atoms with Gasteiger partial charge >= 0.3 is 5.92 Å². The number of furan rings is 1. The highest BCUT2D eigenvalue weighted by molar-refractivity contribution is 5.84. The van der Waals surface area contributed by atoms with Gasteiger partial charge in [0.05, 0.1) is 6.26 Å². The van der Waals surface area contributed by atoms with Gasteiger partial charge in [-0.1, -0.05) is 0 Å². The van der Waals surface area contributed by atoms with E-state index in [1.807, 2.05) is 0 Å². The summed E-state index contributed by atoms with van der Waals surface area (Å²) in [6, 6.07) is 2.57. The predicted octanol–water partition coefficient (Wildman–Crippen LogP) is 1.82. The second-order valence-corrected chi connectivity index (χ2v) is 3.52. The number of halogens is 2. The van der Waals surface area contributed by atoms with Crippen LogP contribution in [0.15, 0.2) is 22.8 Å². The number of rotatable bonds is 5. The van der Waals surface area contributed by atoms with Crippen LogP contribution in [-0.2, 0) is 4.79 Å². The molecule has 0 spiro atoms. The molecule has 1 N–H and O–H groups in total. The maximum atomic E-state index is 13.7. The molecule has 0 aliphatic rings. The highest BCUT2D eigenvalue weighted by Crippen LogP contribution is 2.33. The third-order valence-electron chi connectivity index (χ3n) is 2.49. The molecule has 1 amide bonds. The number of nitrogens with zero attached hydrogens (tertiary/aromatic N) is 1. The number of carbonyl (C=O) groups excluding carboxylic acids is 1. The van der Waals surface area contributed by atoms with Crippen molar-refractivity contribution in [3.05, 3.63) is 24.2 Å². The van der Waals surface area contributed by atoms with Crippen molar-refractivity contribution in [1.29, 1.82) is 0 Å². The molecule has 4 nitrogen and oxygen atoms in total. The van der Waals surface area contributed by atoms with E-state index in [0.29, 0.717) is 0 Å². The van der Waals surface area contributed by atoms with Crippen LogP contribution < -0.4 is 0 Å². The third kappa shape index (κ3) is 2.63. The monoisotopic (exact) mass is 247 g/mol. The van der Waals surface area contributed by atoms with Gasteiger partial charge in [0.2, 0.25) is 0 Å². The fourth-order valence-corrected chi connectivity index (χ4v) is 1.46. The number of carbonyl (C=O) groups is 1. The lowest BCUT2D eigenvalue weighted by molar-refractivity contribution is -0.177. The molecule has 0 saturated carbocycles. The van der Waals surface area contributed by atoms with Gasteiger partial charge in [-0.05, 0) is 26.0 Å². The van der Waals surface area contributed by atoms with Crippen molar-refractivity contribution in [2.24, 2.45) is 0 Å². The zero-order chi connectivity index (χ0) is 13.1. The van der Waals surface area contributed by atoms with Gasteiger partial charge in [-0.15, -0.1) is 0 Å². The van der Waals surface area contributed by atoms with Crippen LogP contribution in [0.5, 0.6) is 0 Å². The van der Waals surface area contributed by atoms with Gasteiger partial charge in [0.15, 0.2) is 6.10 Å². The minimum atomic E-state index is -3.89. The number of amides is 1. The number of hydrogen-bond acceptors (Lipinski definition) is 3. The summed E-state index contributed by atoms with van der Waals surface area (Å²) < 4.78 is 32.1. The Hall–Kier alpha value is -1.43. The Morgan fingerprint density at radius 2 is 2.12 bits per heavy atom. The van der Waals surface area contributed by atoms with Crippen molar-refractivity contribution in [1.82, 2.24) is 4.90 Å². The summed E-state index contributed by atoms with van der Waals surface area (Å²) in [6.07, 6.45) is -1.10. The molecule has 0 radical (unpaired) electrons. The smallest absolute Gasteiger partial charge is 0.357 e. The average Bonchev–Trinajstić information content (AvgIpc) is 2.82. The molecule has 0 aromatic carbocycles. The topological polar surface area (TPSA) is 53.7 Å². The molecule has 1 heterocycles. The Morgan fingerprint density at radius 3 is 2.53 bits per heavy atom. The molecular weight excluding hydrogens is 232 g/mol. The molecule has 6 heteroatoms. The van der Waals surface area contributed by atoms with Crippen molar-refractivity contribution < 1.29 is 23.1 Å². The van der Waals surface area contributed by atoms with Gasteiger partial charge in [0, 0.05) is 13.1 Å². The maximum Gasteiger partial charge on any atom is 0.357 e. The van der Waals surface area contributed by atoms with E-state index in [1.165, 1.54) is 12.1 Å². The number of aliphatic hydroxyl groups is 1. The first kappa shape index (κ1) is 13.6. The van der Waals surface area contributed by atoms with E-state index >= 15 is 0 Å². The fourth-order valence-electron chi connectivity index (χ4n) is 1.46. The van der Waals surface area contributed by atoms with Crippen LogP contribution in [0.2, 0.25) is 0 Å². The molecule has 1 unspecified atom stereocenters. The molecule has 0 fully saturated rings. The van der Waals surface area contributed by atoms with Crippen LogP contribution in [0.4, 0.5) is 8.78 Å². The second kappa shape index (κ2) is 5.27. The molecule has 0 saturated heterocycles. The first-order chi connectivity index (χ1) is 7.95. The normalized spacial score (nSPS) is 13.5. The molecule has 1 aromatic heterocycles. The highest BCUT2D eigenvalue weighted by atomic mass is 19.3. The van der Waals surface area contributed by atoms with Crippen LogP contribution >= 0.6 is 0 Å². The van der Waals surface area contributed by atoms with E-state index < -0.39 is 17.9 Å². The summed E-state index contributed by atoms with van der Waals surface area (Å²) >= 11 is 0. The Bertz CT molecular complexity index is 361. The van der Waals surface area contributed by atoms with E-state index in [1.54, 1.807) is 13.8 Å². The summed E-state index contributed by atoms with van der Waals surface area (Å²) in [4.78, 5) is 12.5. The predicted molar refractivity (Wildman–Crippen MR) is 56.5 cm³/mol.